The van der Waals surface area contributed by atoms with E-state index in [2.05, 4.69) is 25.7 Å². The van der Waals surface area contributed by atoms with Crippen LogP contribution in [-0.4, -0.2) is 30.7 Å². The van der Waals surface area contributed by atoms with Gasteiger partial charge in [0.15, 0.2) is 0 Å². The number of alkyl halides is 1. The second-order valence-corrected chi connectivity index (χ2v) is 4.31. The summed E-state index contributed by atoms with van der Waals surface area (Å²) in [5, 5.41) is 0. The Morgan fingerprint density at radius 1 is 1.45 bits per heavy atom. The van der Waals surface area contributed by atoms with Crippen LogP contribution in [0.3, 0.4) is 0 Å². The van der Waals surface area contributed by atoms with Crippen LogP contribution in [0.2, 0.25) is 0 Å². The highest BCUT2D eigenvalue weighted by Gasteiger charge is 2.30. The highest BCUT2D eigenvalue weighted by molar-refractivity contribution is 4.83. The van der Waals surface area contributed by atoms with Gasteiger partial charge in [0.1, 0.15) is 6.17 Å². The van der Waals surface area contributed by atoms with E-state index in [9.17, 15) is 4.39 Å². The van der Waals surface area contributed by atoms with Crippen molar-refractivity contribution in [3.63, 3.8) is 0 Å². The average molecular weight is 159 g/mol. The van der Waals surface area contributed by atoms with Crippen LogP contribution in [0.5, 0.6) is 0 Å². The van der Waals surface area contributed by atoms with Crippen LogP contribution in [0.15, 0.2) is 0 Å². The van der Waals surface area contributed by atoms with Gasteiger partial charge < -0.3 is 0 Å². The molecule has 0 aromatic heterocycles. The van der Waals surface area contributed by atoms with Crippen molar-refractivity contribution in [3.05, 3.63) is 0 Å². The van der Waals surface area contributed by atoms with Crippen molar-refractivity contribution in [2.24, 2.45) is 5.41 Å². The molecule has 0 N–H and O–H groups in total. The van der Waals surface area contributed by atoms with E-state index in [4.69, 9.17) is 0 Å². The van der Waals surface area contributed by atoms with Gasteiger partial charge in [0.25, 0.3) is 0 Å². The highest BCUT2D eigenvalue weighted by atomic mass is 19.1. The van der Waals surface area contributed by atoms with Crippen LogP contribution in [0, 0.1) is 5.41 Å². The van der Waals surface area contributed by atoms with Gasteiger partial charge in [-0.1, -0.05) is 20.8 Å². The van der Waals surface area contributed by atoms with Gasteiger partial charge in [-0.3, -0.25) is 4.90 Å². The third kappa shape index (κ3) is 2.44. The molecule has 0 aromatic carbocycles. The summed E-state index contributed by atoms with van der Waals surface area (Å²) >= 11 is 0. The molecular formula is C9H18FN. The summed E-state index contributed by atoms with van der Waals surface area (Å²) in [6, 6.07) is 0. The number of nitrogens with zero attached hydrogens (tertiary/aromatic N) is 1. The van der Waals surface area contributed by atoms with E-state index in [1.165, 1.54) is 6.42 Å². The lowest BCUT2D eigenvalue weighted by molar-refractivity contribution is 0.0333. The van der Waals surface area contributed by atoms with Crippen molar-refractivity contribution in [1.29, 1.82) is 0 Å². The van der Waals surface area contributed by atoms with E-state index in [0.29, 0.717) is 18.5 Å². The lowest BCUT2D eigenvalue weighted by Gasteiger charge is -2.39. The van der Waals surface area contributed by atoms with Gasteiger partial charge in [-0.15, -0.1) is 0 Å². The molecule has 0 aromatic rings. The molecule has 1 nitrogen and oxygen atoms in total. The van der Waals surface area contributed by atoms with Crippen LogP contribution >= 0.6 is 0 Å². The maximum absolute atomic E-state index is 12.4. The zero-order valence-corrected chi connectivity index (χ0v) is 7.73. The molecule has 0 aliphatic carbocycles. The third-order valence-corrected chi connectivity index (χ3v) is 2.52. The monoisotopic (exact) mass is 159 g/mol. The largest absolute Gasteiger partial charge is 0.297 e. The van der Waals surface area contributed by atoms with Gasteiger partial charge in [-0.05, 0) is 11.8 Å². The molecule has 1 saturated heterocycles. The maximum atomic E-state index is 12.4. The second kappa shape index (κ2) is 3.10. The smallest absolute Gasteiger partial charge is 0.125 e. The number of hydrogen-bond acceptors (Lipinski definition) is 1. The van der Waals surface area contributed by atoms with Crippen molar-refractivity contribution >= 4 is 0 Å². The predicted octanol–water partition coefficient (Wildman–Crippen LogP) is 2.08. The van der Waals surface area contributed by atoms with Gasteiger partial charge in [0.2, 0.25) is 0 Å². The van der Waals surface area contributed by atoms with Crippen molar-refractivity contribution in [1.82, 2.24) is 4.90 Å². The first-order chi connectivity index (χ1) is 5.03. The molecule has 1 aliphatic rings. The van der Waals surface area contributed by atoms with Gasteiger partial charge in [-0.2, -0.15) is 0 Å². The number of likely N-dealkylation sites (tertiary alicyclic amines) is 1. The molecule has 0 radical (unpaired) electrons. The summed E-state index contributed by atoms with van der Waals surface area (Å²) in [5.74, 6) is 0. The molecule has 0 saturated carbocycles. The fraction of sp³-hybridized carbons (Fsp3) is 1.00. The van der Waals surface area contributed by atoms with Gasteiger partial charge in [0, 0.05) is 19.6 Å². The van der Waals surface area contributed by atoms with E-state index in [0.717, 1.165) is 6.54 Å². The Morgan fingerprint density at radius 2 is 2.00 bits per heavy atom. The van der Waals surface area contributed by atoms with E-state index >= 15 is 0 Å². The summed E-state index contributed by atoms with van der Waals surface area (Å²) in [5.41, 5.74) is 0.361. The van der Waals surface area contributed by atoms with E-state index in [-0.39, 0.29) is 0 Å². The molecule has 1 rings (SSSR count). The Balaban J connectivity index is 2.21. The molecule has 1 aliphatic heterocycles. The Bertz CT molecular complexity index is 128. The zero-order valence-electron chi connectivity index (χ0n) is 7.73. The molecular weight excluding hydrogens is 141 g/mol. The quantitative estimate of drug-likeness (QED) is 0.609. The third-order valence-electron chi connectivity index (χ3n) is 2.52. The topological polar surface area (TPSA) is 3.24 Å². The minimum atomic E-state index is -0.553. The Kier molecular flexibility index (Phi) is 2.53. The Hall–Kier alpha value is -0.110. The molecule has 0 amide bonds. The minimum Gasteiger partial charge on any atom is -0.297 e. The summed E-state index contributed by atoms with van der Waals surface area (Å²) < 4.78 is 12.4. The molecule has 0 spiro atoms. The lowest BCUT2D eigenvalue weighted by Crippen LogP contribution is -2.51. The molecule has 0 bridgehead atoms. The molecule has 1 heterocycles. The minimum absolute atomic E-state index is 0.361. The van der Waals surface area contributed by atoms with E-state index in [1.807, 2.05) is 0 Å². The normalized spacial score (nSPS) is 21.8. The van der Waals surface area contributed by atoms with Gasteiger partial charge in [-0.25, -0.2) is 4.39 Å². The first-order valence-corrected chi connectivity index (χ1v) is 4.40. The summed E-state index contributed by atoms with van der Waals surface area (Å²) in [4.78, 5) is 2.19. The average Bonchev–Trinajstić information content (AvgIpc) is 1.84. The fourth-order valence-corrected chi connectivity index (χ4v) is 1.35. The Labute approximate surface area is 68.6 Å². The SMILES string of the molecule is CCC(C)(C)CN1CC(F)C1. The number of halogens is 1. The summed E-state index contributed by atoms with van der Waals surface area (Å²) in [6.07, 6.45) is 0.614. The number of rotatable bonds is 3. The summed E-state index contributed by atoms with van der Waals surface area (Å²) in [7, 11) is 0. The molecule has 1 fully saturated rings. The lowest BCUT2D eigenvalue weighted by atomic mass is 9.88. The molecule has 66 valence electrons. The van der Waals surface area contributed by atoms with Crippen LogP contribution in [0.25, 0.3) is 0 Å². The van der Waals surface area contributed by atoms with Crippen molar-refractivity contribution in [2.45, 2.75) is 33.4 Å². The van der Waals surface area contributed by atoms with Crippen LogP contribution in [-0.2, 0) is 0 Å². The first kappa shape index (κ1) is 8.98. The Morgan fingerprint density at radius 3 is 2.36 bits per heavy atom. The standard InChI is InChI=1S/C9H18FN/c1-4-9(2,3)7-11-5-8(10)6-11/h8H,4-7H2,1-3H3. The fourth-order valence-electron chi connectivity index (χ4n) is 1.35. The predicted molar refractivity (Wildman–Crippen MR) is 45.4 cm³/mol. The summed E-state index contributed by atoms with van der Waals surface area (Å²) in [6.45, 7) is 9.01. The van der Waals surface area contributed by atoms with Crippen molar-refractivity contribution in [3.8, 4) is 0 Å². The molecule has 11 heavy (non-hydrogen) atoms. The second-order valence-electron chi connectivity index (χ2n) is 4.31. The van der Waals surface area contributed by atoms with E-state index in [1.54, 1.807) is 0 Å². The molecule has 2 heteroatoms. The molecule has 0 atom stereocenters. The molecule has 0 unspecified atom stereocenters. The van der Waals surface area contributed by atoms with Crippen LogP contribution in [0.4, 0.5) is 4.39 Å². The van der Waals surface area contributed by atoms with E-state index < -0.39 is 6.17 Å². The maximum Gasteiger partial charge on any atom is 0.125 e. The first-order valence-electron chi connectivity index (χ1n) is 4.40. The van der Waals surface area contributed by atoms with Crippen molar-refractivity contribution < 1.29 is 4.39 Å². The highest BCUT2D eigenvalue weighted by Crippen LogP contribution is 2.24. The van der Waals surface area contributed by atoms with Gasteiger partial charge >= 0.3 is 0 Å². The van der Waals surface area contributed by atoms with Crippen LogP contribution < -0.4 is 0 Å². The van der Waals surface area contributed by atoms with Crippen molar-refractivity contribution in [2.75, 3.05) is 19.6 Å². The number of hydrogen-bond donors (Lipinski definition) is 0. The van der Waals surface area contributed by atoms with Gasteiger partial charge in [0.05, 0.1) is 0 Å². The van der Waals surface area contributed by atoms with Crippen LogP contribution in [0.1, 0.15) is 27.2 Å². The zero-order chi connectivity index (χ0) is 8.48.